The van der Waals surface area contributed by atoms with E-state index in [1.54, 1.807) is 28.4 Å². The minimum atomic E-state index is -2.53. The molecule has 6 nitrogen and oxygen atoms in total. The Morgan fingerprint density at radius 3 is 2.10 bits per heavy atom. The van der Waals surface area contributed by atoms with Crippen molar-refractivity contribution in [1.82, 2.24) is 0 Å². The molecule has 0 aromatic heterocycles. The van der Waals surface area contributed by atoms with Crippen LogP contribution in [0.3, 0.4) is 0 Å². The monoisotopic (exact) mass is 322 g/mol. The van der Waals surface area contributed by atoms with Crippen LogP contribution in [0.1, 0.15) is 13.3 Å². The summed E-state index contributed by atoms with van der Waals surface area (Å²) in [4.78, 5) is 0. The first-order chi connectivity index (χ1) is 10.1. The number of hydrogen-bond acceptors (Lipinski definition) is 6. The number of methoxy groups -OCH3 is 1. The zero-order valence-corrected chi connectivity index (χ0v) is 15.0. The number of rotatable bonds is 12. The van der Waals surface area contributed by atoms with Gasteiger partial charge >= 0.3 is 8.80 Å². The fourth-order valence-corrected chi connectivity index (χ4v) is 4.04. The molecule has 1 heterocycles. The van der Waals surface area contributed by atoms with Crippen molar-refractivity contribution in [2.24, 2.45) is 11.3 Å². The van der Waals surface area contributed by atoms with E-state index in [9.17, 15) is 0 Å². The molecule has 0 aromatic rings. The Labute approximate surface area is 129 Å². The Morgan fingerprint density at radius 2 is 1.67 bits per heavy atom. The third kappa shape index (κ3) is 5.28. The summed E-state index contributed by atoms with van der Waals surface area (Å²) in [6, 6.07) is 0.653. The molecule has 0 amide bonds. The highest BCUT2D eigenvalue weighted by Crippen LogP contribution is 2.37. The number of ether oxygens (including phenoxy) is 3. The van der Waals surface area contributed by atoms with Crippen molar-refractivity contribution in [3.05, 3.63) is 0 Å². The van der Waals surface area contributed by atoms with Gasteiger partial charge in [0.1, 0.15) is 0 Å². The molecule has 0 aliphatic carbocycles. The molecule has 1 rings (SSSR count). The average molecular weight is 322 g/mol. The molecule has 1 aliphatic heterocycles. The summed E-state index contributed by atoms with van der Waals surface area (Å²) in [6.07, 6.45) is 0.984. The van der Waals surface area contributed by atoms with Gasteiger partial charge in [-0.05, 0) is 12.3 Å². The quantitative estimate of drug-likeness (QED) is 0.401. The molecule has 0 N–H and O–H groups in total. The molecule has 1 aliphatic rings. The Bertz CT molecular complexity index is 272. The van der Waals surface area contributed by atoms with Gasteiger partial charge in [-0.2, -0.15) is 0 Å². The summed E-state index contributed by atoms with van der Waals surface area (Å²) in [5, 5.41) is 0. The molecule has 126 valence electrons. The fourth-order valence-electron chi connectivity index (χ4n) is 2.53. The van der Waals surface area contributed by atoms with Gasteiger partial charge in [-0.3, -0.25) is 0 Å². The van der Waals surface area contributed by atoms with Crippen LogP contribution < -0.4 is 0 Å². The van der Waals surface area contributed by atoms with Crippen LogP contribution in [0, 0.1) is 11.3 Å². The van der Waals surface area contributed by atoms with Crippen molar-refractivity contribution in [3.63, 3.8) is 0 Å². The van der Waals surface area contributed by atoms with Crippen LogP contribution >= 0.6 is 0 Å². The molecular formula is C14H30O6Si. The molecule has 0 bridgehead atoms. The van der Waals surface area contributed by atoms with E-state index in [-0.39, 0.29) is 5.41 Å². The van der Waals surface area contributed by atoms with Crippen molar-refractivity contribution in [2.75, 3.05) is 61.5 Å². The van der Waals surface area contributed by atoms with Crippen molar-refractivity contribution >= 4 is 8.80 Å². The van der Waals surface area contributed by atoms with E-state index in [1.807, 2.05) is 0 Å². The van der Waals surface area contributed by atoms with Crippen molar-refractivity contribution < 1.29 is 27.5 Å². The van der Waals surface area contributed by atoms with Gasteiger partial charge in [0.2, 0.25) is 0 Å². The molecule has 21 heavy (non-hydrogen) atoms. The average Bonchev–Trinajstić information content (AvgIpc) is 2.49. The van der Waals surface area contributed by atoms with Crippen LogP contribution in [-0.4, -0.2) is 70.3 Å². The van der Waals surface area contributed by atoms with Crippen LogP contribution in [0.15, 0.2) is 0 Å². The van der Waals surface area contributed by atoms with E-state index in [0.29, 0.717) is 25.2 Å². The first-order valence-corrected chi connectivity index (χ1v) is 9.29. The van der Waals surface area contributed by atoms with Gasteiger partial charge in [0.25, 0.3) is 0 Å². The smallest absolute Gasteiger partial charge is 0.385 e. The molecule has 7 heteroatoms. The van der Waals surface area contributed by atoms with Gasteiger partial charge < -0.3 is 27.5 Å². The Kier molecular flexibility index (Phi) is 8.33. The molecule has 1 atom stereocenters. The number of hydrogen-bond donors (Lipinski definition) is 0. The molecule has 0 radical (unpaired) electrons. The van der Waals surface area contributed by atoms with Crippen LogP contribution in [0.2, 0.25) is 6.04 Å². The molecule has 0 saturated carbocycles. The second kappa shape index (κ2) is 9.19. The lowest BCUT2D eigenvalue weighted by atomic mass is 9.74. The lowest BCUT2D eigenvalue weighted by Gasteiger charge is -2.44. The predicted molar refractivity (Wildman–Crippen MR) is 81.3 cm³/mol. The topological polar surface area (TPSA) is 55.4 Å². The molecule has 1 unspecified atom stereocenters. The van der Waals surface area contributed by atoms with Crippen molar-refractivity contribution in [3.8, 4) is 0 Å². The minimum Gasteiger partial charge on any atom is -0.385 e. The zero-order valence-electron chi connectivity index (χ0n) is 14.0. The maximum atomic E-state index is 5.86. The summed E-state index contributed by atoms with van der Waals surface area (Å²) in [6.45, 7) is 5.87. The maximum absolute atomic E-state index is 5.86. The second-order valence-electron chi connectivity index (χ2n) is 5.75. The molecule has 0 aromatic carbocycles. The molecule has 1 saturated heterocycles. The summed E-state index contributed by atoms with van der Waals surface area (Å²) in [7, 11) is 4.06. The van der Waals surface area contributed by atoms with Crippen molar-refractivity contribution in [1.29, 1.82) is 0 Å². The third-order valence-electron chi connectivity index (χ3n) is 4.32. The summed E-state index contributed by atoms with van der Waals surface area (Å²) < 4.78 is 32.6. The Hall–Kier alpha value is -0.0231. The van der Waals surface area contributed by atoms with Gasteiger partial charge in [0, 0.05) is 46.5 Å². The van der Waals surface area contributed by atoms with Crippen LogP contribution in [0.4, 0.5) is 0 Å². The maximum Gasteiger partial charge on any atom is 0.502 e. The van der Waals surface area contributed by atoms with E-state index < -0.39 is 8.80 Å². The summed E-state index contributed by atoms with van der Waals surface area (Å²) in [5.74, 6) is 0.440. The molecule has 1 fully saturated rings. The highest BCUT2D eigenvalue weighted by atomic mass is 28.4. The van der Waals surface area contributed by atoms with Crippen molar-refractivity contribution in [2.45, 2.75) is 19.4 Å². The minimum absolute atomic E-state index is 0.205. The van der Waals surface area contributed by atoms with Gasteiger partial charge in [-0.1, -0.05) is 6.92 Å². The second-order valence-corrected chi connectivity index (χ2v) is 8.84. The van der Waals surface area contributed by atoms with Crippen LogP contribution in [-0.2, 0) is 27.5 Å². The van der Waals surface area contributed by atoms with Crippen LogP contribution in [0.25, 0.3) is 0 Å². The molecular weight excluding hydrogens is 292 g/mol. The predicted octanol–water partition coefficient (Wildman–Crippen LogP) is 1.57. The largest absolute Gasteiger partial charge is 0.502 e. The third-order valence-corrected chi connectivity index (χ3v) is 7.01. The van der Waals surface area contributed by atoms with E-state index in [4.69, 9.17) is 27.5 Å². The van der Waals surface area contributed by atoms with Gasteiger partial charge in [-0.25, -0.2) is 0 Å². The lowest BCUT2D eigenvalue weighted by Crippen LogP contribution is -2.48. The zero-order chi connectivity index (χ0) is 15.8. The highest BCUT2D eigenvalue weighted by Gasteiger charge is 2.41. The van der Waals surface area contributed by atoms with Gasteiger partial charge in [0.05, 0.1) is 26.4 Å². The first kappa shape index (κ1) is 19.0. The molecule has 0 spiro atoms. The van der Waals surface area contributed by atoms with E-state index in [1.165, 1.54) is 0 Å². The normalized spacial score (nSPS) is 19.3. The van der Waals surface area contributed by atoms with Gasteiger partial charge in [-0.15, -0.1) is 0 Å². The Morgan fingerprint density at radius 1 is 1.05 bits per heavy atom. The van der Waals surface area contributed by atoms with Crippen LogP contribution in [0.5, 0.6) is 0 Å². The standard InChI is InChI=1S/C14H30O6Si/c1-14(11-20-12-14)13(6-7-15-2)10-19-8-9-21(16-3,17-4)18-5/h13H,6-12H2,1-5H3. The highest BCUT2D eigenvalue weighted by molar-refractivity contribution is 6.60. The van der Waals surface area contributed by atoms with Gasteiger partial charge in [0.15, 0.2) is 0 Å². The Balaban J connectivity index is 2.36. The fraction of sp³-hybridized carbons (Fsp3) is 1.00. The summed E-state index contributed by atoms with van der Waals surface area (Å²) >= 11 is 0. The SMILES string of the molecule is COCCC(COCC[Si](OC)(OC)OC)C1(C)COC1. The lowest BCUT2D eigenvalue weighted by molar-refractivity contribution is -0.151. The van der Waals surface area contributed by atoms with E-state index in [0.717, 1.165) is 26.2 Å². The van der Waals surface area contributed by atoms with E-state index in [2.05, 4.69) is 6.92 Å². The summed E-state index contributed by atoms with van der Waals surface area (Å²) in [5.41, 5.74) is 0.205. The van der Waals surface area contributed by atoms with E-state index >= 15 is 0 Å². The first-order valence-electron chi connectivity index (χ1n) is 7.35.